The minimum Gasteiger partial charge on any atom is -0.476 e. The summed E-state index contributed by atoms with van der Waals surface area (Å²) in [4.78, 5) is 67.4. The van der Waals surface area contributed by atoms with Gasteiger partial charge in [-0.2, -0.15) is 37.9 Å². The molecule has 16 rings (SSSR count). The second-order valence-electron chi connectivity index (χ2n) is 27.8. The first-order chi connectivity index (χ1) is 57.0. The van der Waals surface area contributed by atoms with Gasteiger partial charge in [-0.1, -0.05) is 196 Å². The van der Waals surface area contributed by atoms with Gasteiger partial charge in [-0.05, 0) is 183 Å². The molecule has 0 bridgehead atoms. The number of carboxylic acids is 1. The van der Waals surface area contributed by atoms with Gasteiger partial charge in [0.15, 0.2) is 46.1 Å². The number of hydrogen-bond donors (Lipinski definition) is 1. The van der Waals surface area contributed by atoms with Crippen LogP contribution in [0.25, 0.3) is 111 Å². The van der Waals surface area contributed by atoms with Gasteiger partial charge in [-0.15, -0.1) is 11.8 Å². The zero-order valence-corrected chi connectivity index (χ0v) is 70.9. The van der Waals surface area contributed by atoms with Gasteiger partial charge >= 0.3 is 23.9 Å². The van der Waals surface area contributed by atoms with Crippen molar-refractivity contribution in [3.8, 4) is 111 Å². The summed E-state index contributed by atoms with van der Waals surface area (Å²) in [7, 11) is 1.35. The number of benzene rings is 8. The maximum absolute atomic E-state index is 12.4. The van der Waals surface area contributed by atoms with Gasteiger partial charge in [-0.25, -0.2) is 57.8 Å². The van der Waals surface area contributed by atoms with Crippen molar-refractivity contribution < 1.29 is 38.5 Å². The first-order valence-corrected chi connectivity index (χ1v) is 42.0. The molecule has 8 heterocycles. The molecule has 0 fully saturated rings. The van der Waals surface area contributed by atoms with Crippen LogP contribution in [0.3, 0.4) is 0 Å². The van der Waals surface area contributed by atoms with E-state index in [4.69, 9.17) is 29.2 Å². The molecule has 0 aliphatic heterocycles. The van der Waals surface area contributed by atoms with Gasteiger partial charge < -0.3 is 19.3 Å². The number of hydrogen-bond acceptors (Lipinski definition) is 24. The van der Waals surface area contributed by atoms with E-state index >= 15 is 0 Å². The van der Waals surface area contributed by atoms with E-state index in [1.54, 1.807) is 43.9 Å². The van der Waals surface area contributed by atoms with E-state index in [1.165, 1.54) is 71.1 Å². The predicted molar refractivity (Wildman–Crippen MR) is 466 cm³/mol. The molecule has 1 N–H and O–H groups in total. The molecule has 0 unspecified atom stereocenters. The molecular formula is C89H82N16O8S5. The zero-order chi connectivity index (χ0) is 83.3. The van der Waals surface area contributed by atoms with Crippen LogP contribution in [0.5, 0.6) is 0 Å². The van der Waals surface area contributed by atoms with Gasteiger partial charge in [0, 0.05) is 46.5 Å². The second-order valence-corrected chi connectivity index (χ2v) is 31.7. The van der Waals surface area contributed by atoms with Crippen molar-refractivity contribution in [2.24, 2.45) is 0 Å². The maximum atomic E-state index is 12.4. The number of ether oxygens (including phenoxy) is 3. The fraction of sp³-hybridized carbons (Fsp3) is 0.191. The van der Waals surface area contributed by atoms with Crippen molar-refractivity contribution in [3.63, 3.8) is 0 Å². The van der Waals surface area contributed by atoms with Crippen molar-refractivity contribution in [1.29, 1.82) is 0 Å². The molecule has 0 amide bonds. The van der Waals surface area contributed by atoms with E-state index in [2.05, 4.69) is 101 Å². The molecule has 0 aliphatic rings. The van der Waals surface area contributed by atoms with Crippen molar-refractivity contribution in [2.75, 3.05) is 25.9 Å². The summed E-state index contributed by atoms with van der Waals surface area (Å²) in [5, 5.41) is 30.6. The molecule has 596 valence electrons. The van der Waals surface area contributed by atoms with Crippen LogP contribution in [0.15, 0.2) is 218 Å². The molecule has 0 saturated heterocycles. The van der Waals surface area contributed by atoms with E-state index in [0.717, 1.165) is 110 Å². The van der Waals surface area contributed by atoms with Gasteiger partial charge in [-0.3, -0.25) is 0 Å². The van der Waals surface area contributed by atoms with Gasteiger partial charge in [0.1, 0.15) is 48.7 Å². The summed E-state index contributed by atoms with van der Waals surface area (Å²) in [6.45, 7) is 22.7. The van der Waals surface area contributed by atoms with E-state index in [1.807, 2.05) is 212 Å². The largest absolute Gasteiger partial charge is 0.476 e. The number of aromatic nitrogens is 16. The highest BCUT2D eigenvalue weighted by molar-refractivity contribution is 7.98. The molecule has 16 aromatic rings. The van der Waals surface area contributed by atoms with Crippen LogP contribution in [-0.4, -0.2) is 131 Å². The highest BCUT2D eigenvalue weighted by Crippen LogP contribution is 2.37. The minimum atomic E-state index is -1.08. The number of nitrogens with zero attached hydrogens (tertiary/aromatic N) is 16. The predicted octanol–water partition coefficient (Wildman–Crippen LogP) is 20.5. The van der Waals surface area contributed by atoms with Crippen LogP contribution < -0.4 is 0 Å². The number of rotatable bonds is 21. The summed E-state index contributed by atoms with van der Waals surface area (Å²) in [6.07, 6.45) is 1.87. The number of thioether (sulfide) groups is 1. The average molecular weight is 1660 g/mol. The lowest BCUT2D eigenvalue weighted by molar-refractivity contribution is 0.0516. The van der Waals surface area contributed by atoms with Gasteiger partial charge in [0.25, 0.3) is 0 Å². The van der Waals surface area contributed by atoms with Crippen molar-refractivity contribution in [3.05, 3.63) is 286 Å². The molecule has 0 aliphatic carbocycles. The fourth-order valence-electron chi connectivity index (χ4n) is 12.6. The molecule has 0 radical (unpaired) electrons. The Bertz CT molecular complexity index is 6280. The lowest BCUT2D eigenvalue weighted by atomic mass is 10.0. The van der Waals surface area contributed by atoms with E-state index in [9.17, 15) is 24.3 Å². The van der Waals surface area contributed by atoms with Crippen molar-refractivity contribution >= 4 is 81.8 Å². The first kappa shape index (κ1) is 83.0. The van der Waals surface area contributed by atoms with E-state index in [-0.39, 0.29) is 47.2 Å². The van der Waals surface area contributed by atoms with E-state index < -0.39 is 23.9 Å². The Morgan fingerprint density at radius 1 is 0.381 bits per heavy atom. The summed E-state index contributed by atoms with van der Waals surface area (Å²) in [5.74, 6) is 0.345. The third kappa shape index (κ3) is 19.3. The Morgan fingerprint density at radius 2 is 0.678 bits per heavy atom. The van der Waals surface area contributed by atoms with Crippen LogP contribution >= 0.6 is 57.9 Å². The third-order valence-corrected chi connectivity index (χ3v) is 21.8. The SMILES string of the molecule is CCOC(=O)c1cc(-c2nsc(-c3cccc(C)c3)n2)n(-c2ccccc2C)n1.COC(=O)c1cc(-c2nsc(-c3cccc(C)c3)n2)n(-c2ccccc2C(C)C)n1.CSCOC(=O)c1cc(-c2nsc(-c3cccc(C)c3)n2)n(-c2ccccc2C)n1.Cc1cccc(-c2nc(-c3cc(C(=O)O)nn3-c3ccccc3C(C)C)ns2)c1. The smallest absolute Gasteiger partial charge is 0.359 e. The topological polar surface area (TPSA) is 291 Å². The highest BCUT2D eigenvalue weighted by Gasteiger charge is 2.28. The number of carbonyl (C=O) groups excluding carboxylic acids is 3. The molecular weight excluding hydrogens is 1580 g/mol. The normalized spacial score (nSPS) is 11.0. The monoisotopic (exact) mass is 1660 g/mol. The van der Waals surface area contributed by atoms with Crippen molar-refractivity contribution in [1.82, 2.24) is 76.6 Å². The molecule has 8 aromatic carbocycles. The van der Waals surface area contributed by atoms with Crippen molar-refractivity contribution in [2.45, 2.75) is 88.0 Å². The van der Waals surface area contributed by atoms with Gasteiger partial charge in [0.2, 0.25) is 0 Å². The number of aromatic carboxylic acids is 1. The Kier molecular flexibility index (Phi) is 26.6. The summed E-state index contributed by atoms with van der Waals surface area (Å²) in [6, 6.07) is 70.6. The number of carboxylic acid groups (broad SMARTS) is 1. The maximum Gasteiger partial charge on any atom is 0.359 e. The quantitative estimate of drug-likeness (QED) is 0.0397. The number of methoxy groups -OCH3 is 1. The first-order valence-electron chi connectivity index (χ1n) is 37.5. The second kappa shape index (κ2) is 37.8. The highest BCUT2D eigenvalue weighted by atomic mass is 32.2. The van der Waals surface area contributed by atoms with Crippen LogP contribution in [0.2, 0.25) is 0 Å². The van der Waals surface area contributed by atoms with Crippen LogP contribution in [0, 0.1) is 41.5 Å². The molecule has 24 nitrogen and oxygen atoms in total. The van der Waals surface area contributed by atoms with Gasteiger partial charge in [0.05, 0.1) is 36.5 Å². The zero-order valence-electron chi connectivity index (χ0n) is 66.9. The number of para-hydroxylation sites is 4. The number of esters is 3. The summed E-state index contributed by atoms with van der Waals surface area (Å²) >= 11 is 6.69. The Hall–Kier alpha value is -12.9. The van der Waals surface area contributed by atoms with Crippen LogP contribution in [0.4, 0.5) is 0 Å². The Morgan fingerprint density at radius 3 is 0.983 bits per heavy atom. The molecule has 0 atom stereocenters. The summed E-state index contributed by atoms with van der Waals surface area (Å²) < 4.78 is 40.2. The Balaban J connectivity index is 0.000000136. The lowest BCUT2D eigenvalue weighted by Gasteiger charge is -2.14. The minimum absolute atomic E-state index is 0.0366. The number of aryl methyl sites for hydroxylation is 6. The average Bonchev–Trinajstić information content (AvgIpc) is 1.65. The molecule has 29 heteroatoms. The molecule has 8 aromatic heterocycles. The van der Waals surface area contributed by atoms with E-state index in [0.29, 0.717) is 46.1 Å². The van der Waals surface area contributed by atoms with Crippen LogP contribution in [-0.2, 0) is 14.2 Å². The third-order valence-electron chi connectivity index (χ3n) is 18.4. The standard InChI is InChI=1S/C23H22N4O2S.C22H20N4O2S2.2C22H20N4O2S/c1-14(2)17-10-5-6-11-19(17)27-20(13-18(25-27)23(28)29-4)21-24-22(30-26-21)16-9-7-8-15(3)12-16;1-14-7-6-9-16(11-14)21-23-20(25-30-21)19-12-17(22(27)28-13-29-3)24-26(19)18-10-5-4-8-15(18)2;1-13(2)16-9-4-5-10-18(16)26-19(12-17(24-26)22(27)28)20-23-21(29-25-20)15-8-6-7-14(3)11-15;1-4-28-22(27)17-13-19(26(24-17)18-11-6-5-9-15(18)3)20-23-21(29-25-20)16-10-7-8-14(2)12-16/h5-14H,1-4H3;4-12H,13H2,1-3H3;4-13H,1-3H3,(H,27,28);5-13H,4H2,1-3H3. The number of carbonyl (C=O) groups is 4. The molecule has 0 spiro atoms. The molecule has 118 heavy (non-hydrogen) atoms. The summed E-state index contributed by atoms with van der Waals surface area (Å²) in [5.41, 5.74) is 19.5. The van der Waals surface area contributed by atoms with Crippen LogP contribution in [0.1, 0.15) is 133 Å². The molecule has 0 saturated carbocycles. The fourth-order valence-corrected chi connectivity index (χ4v) is 15.5. The lowest BCUT2D eigenvalue weighted by Crippen LogP contribution is -2.07. The Labute approximate surface area is 702 Å².